The Bertz CT molecular complexity index is 1230. The normalized spacial score (nSPS) is 14.2. The molecule has 1 aliphatic carbocycles. The summed E-state index contributed by atoms with van der Waals surface area (Å²) in [5.41, 5.74) is 6.47. The van der Waals surface area contributed by atoms with Crippen LogP contribution in [0.2, 0.25) is 0 Å². The Balaban J connectivity index is 1.60. The lowest BCUT2D eigenvalue weighted by molar-refractivity contribution is 0.0943. The molecule has 4 rings (SSSR count). The van der Waals surface area contributed by atoms with Crippen molar-refractivity contribution in [3.63, 3.8) is 0 Å². The van der Waals surface area contributed by atoms with Crippen molar-refractivity contribution in [3.8, 4) is 10.6 Å². The quantitative estimate of drug-likeness (QED) is 0.665. The van der Waals surface area contributed by atoms with Gasteiger partial charge in [0.15, 0.2) is 0 Å². The van der Waals surface area contributed by atoms with E-state index < -0.39 is 0 Å². The van der Waals surface area contributed by atoms with E-state index in [-0.39, 0.29) is 17.5 Å². The zero-order valence-electron chi connectivity index (χ0n) is 18.7. The predicted molar refractivity (Wildman–Crippen MR) is 124 cm³/mol. The molecule has 2 heterocycles. The molecule has 7 heteroatoms. The highest BCUT2D eigenvalue weighted by atomic mass is 32.1. The van der Waals surface area contributed by atoms with Crippen LogP contribution in [0.15, 0.2) is 23.0 Å². The summed E-state index contributed by atoms with van der Waals surface area (Å²) in [4.78, 5) is 30.8. The van der Waals surface area contributed by atoms with Gasteiger partial charge in [0.1, 0.15) is 9.88 Å². The Labute approximate surface area is 186 Å². The van der Waals surface area contributed by atoms with Crippen molar-refractivity contribution < 1.29 is 4.79 Å². The second kappa shape index (κ2) is 8.38. The van der Waals surface area contributed by atoms with E-state index in [1.54, 1.807) is 7.05 Å². The van der Waals surface area contributed by atoms with Gasteiger partial charge >= 0.3 is 0 Å². The van der Waals surface area contributed by atoms with Crippen molar-refractivity contribution in [1.29, 1.82) is 0 Å². The van der Waals surface area contributed by atoms with Gasteiger partial charge in [-0.3, -0.25) is 9.59 Å². The molecule has 162 valence electrons. The van der Waals surface area contributed by atoms with Crippen LogP contribution in [0.5, 0.6) is 0 Å². The molecule has 3 aromatic rings. The molecule has 0 spiro atoms. The van der Waals surface area contributed by atoms with Gasteiger partial charge in [-0.25, -0.2) is 9.67 Å². The molecule has 0 saturated heterocycles. The van der Waals surface area contributed by atoms with E-state index in [2.05, 4.69) is 33.6 Å². The van der Waals surface area contributed by atoms with E-state index in [9.17, 15) is 9.59 Å². The van der Waals surface area contributed by atoms with Crippen LogP contribution < -0.4 is 10.9 Å². The van der Waals surface area contributed by atoms with E-state index in [0.717, 1.165) is 29.7 Å². The molecule has 1 unspecified atom stereocenters. The summed E-state index contributed by atoms with van der Waals surface area (Å²) in [6, 6.07) is 6.44. The van der Waals surface area contributed by atoms with Crippen LogP contribution in [0.3, 0.4) is 0 Å². The number of hydrogen-bond donors (Lipinski definition) is 1. The number of hydrogen-bond acceptors (Lipinski definition) is 5. The fourth-order valence-corrected chi connectivity index (χ4v) is 5.25. The summed E-state index contributed by atoms with van der Waals surface area (Å²) in [5.74, 6) is -0.160. The number of amides is 1. The molecule has 2 aromatic heterocycles. The van der Waals surface area contributed by atoms with Crippen LogP contribution >= 0.6 is 11.3 Å². The number of carbonyl (C=O) groups is 1. The number of rotatable bonds is 4. The summed E-state index contributed by atoms with van der Waals surface area (Å²) in [6.07, 6.45) is 4.74. The van der Waals surface area contributed by atoms with Gasteiger partial charge in [-0.1, -0.05) is 18.2 Å². The molecule has 1 aromatic carbocycles. The highest BCUT2D eigenvalue weighted by molar-refractivity contribution is 7.17. The molecular weight excluding hydrogens is 408 g/mol. The number of nitrogens with zero attached hydrogens (tertiary/aromatic N) is 3. The van der Waals surface area contributed by atoms with Gasteiger partial charge in [0.05, 0.1) is 23.0 Å². The highest BCUT2D eigenvalue weighted by Gasteiger charge is 2.22. The standard InChI is InChI=1S/C24H28N4O2S/c1-13-14(2)27-28(5)24(30)20(13)23-26-16(4)21(31-23)22(29)25-15(3)18-11-10-17-8-6-7-9-19(17)12-18/h10-12,15H,6-9H2,1-5H3,(H,25,29). The zero-order valence-corrected chi connectivity index (χ0v) is 19.5. The van der Waals surface area contributed by atoms with Gasteiger partial charge in [-0.2, -0.15) is 5.10 Å². The molecule has 0 bridgehead atoms. The first-order chi connectivity index (χ1) is 14.8. The number of fused-ring (bicyclic) bond motifs is 1. The van der Waals surface area contributed by atoms with Crippen molar-refractivity contribution in [2.24, 2.45) is 7.05 Å². The van der Waals surface area contributed by atoms with Crippen molar-refractivity contribution in [2.45, 2.75) is 59.4 Å². The van der Waals surface area contributed by atoms with E-state index in [0.29, 0.717) is 21.1 Å². The van der Waals surface area contributed by atoms with Crippen molar-refractivity contribution >= 4 is 17.2 Å². The summed E-state index contributed by atoms with van der Waals surface area (Å²) in [6.45, 7) is 7.55. The number of thiazole rings is 1. The first kappa shape index (κ1) is 21.4. The fourth-order valence-electron chi connectivity index (χ4n) is 4.18. The molecule has 0 fully saturated rings. The largest absolute Gasteiger partial charge is 0.345 e. The van der Waals surface area contributed by atoms with Gasteiger partial charge in [0.2, 0.25) is 0 Å². The average Bonchev–Trinajstić information content (AvgIpc) is 3.13. The number of carbonyl (C=O) groups excluding carboxylic acids is 1. The van der Waals surface area contributed by atoms with E-state index in [1.807, 2.05) is 27.7 Å². The topological polar surface area (TPSA) is 76.9 Å². The number of aromatic nitrogens is 3. The van der Waals surface area contributed by atoms with E-state index >= 15 is 0 Å². The lowest BCUT2D eigenvalue weighted by Crippen LogP contribution is -2.26. The number of nitrogens with one attached hydrogen (secondary N) is 1. The SMILES string of the molecule is Cc1nc(-c2c(C)c(C)nn(C)c2=O)sc1C(=O)NC(C)c1ccc2c(c1)CCCC2. The van der Waals surface area contributed by atoms with Crippen molar-refractivity contribution in [2.75, 3.05) is 0 Å². The third-order valence-corrected chi connectivity index (χ3v) is 7.34. The van der Waals surface area contributed by atoms with Crippen LogP contribution in [-0.2, 0) is 19.9 Å². The van der Waals surface area contributed by atoms with E-state index in [4.69, 9.17) is 0 Å². The lowest BCUT2D eigenvalue weighted by Gasteiger charge is -2.20. The third-order valence-electron chi connectivity index (χ3n) is 6.16. The Kier molecular flexibility index (Phi) is 5.79. The minimum Gasteiger partial charge on any atom is -0.345 e. The summed E-state index contributed by atoms with van der Waals surface area (Å²) in [5, 5.41) is 7.90. The maximum absolute atomic E-state index is 13.1. The minimum atomic E-state index is -0.203. The second-order valence-electron chi connectivity index (χ2n) is 8.38. The molecule has 6 nitrogen and oxygen atoms in total. The monoisotopic (exact) mass is 436 g/mol. The van der Waals surface area contributed by atoms with Gasteiger partial charge in [0, 0.05) is 7.05 Å². The van der Waals surface area contributed by atoms with Gasteiger partial charge in [-0.05, 0) is 75.6 Å². The summed E-state index contributed by atoms with van der Waals surface area (Å²) < 4.78 is 1.33. The van der Waals surface area contributed by atoms with Crippen LogP contribution in [0, 0.1) is 20.8 Å². The molecule has 0 aliphatic heterocycles. The van der Waals surface area contributed by atoms with Crippen LogP contribution in [0.1, 0.15) is 69.1 Å². The fraction of sp³-hybridized carbons (Fsp3) is 0.417. The first-order valence-electron chi connectivity index (χ1n) is 10.7. The van der Waals surface area contributed by atoms with Crippen molar-refractivity contribution in [1.82, 2.24) is 20.1 Å². The molecule has 0 saturated carbocycles. The maximum atomic E-state index is 13.1. The Morgan fingerprint density at radius 3 is 2.58 bits per heavy atom. The molecule has 1 N–H and O–H groups in total. The number of benzene rings is 1. The first-order valence-corrected chi connectivity index (χ1v) is 11.5. The molecule has 1 aliphatic rings. The summed E-state index contributed by atoms with van der Waals surface area (Å²) in [7, 11) is 1.63. The van der Waals surface area contributed by atoms with Crippen LogP contribution in [0.4, 0.5) is 0 Å². The Hall–Kier alpha value is -2.80. The number of aryl methyl sites for hydroxylation is 5. The van der Waals surface area contributed by atoms with Crippen LogP contribution in [0.25, 0.3) is 10.6 Å². The Morgan fingerprint density at radius 1 is 1.13 bits per heavy atom. The maximum Gasteiger partial charge on any atom is 0.277 e. The highest BCUT2D eigenvalue weighted by Crippen LogP contribution is 2.30. The molecule has 0 radical (unpaired) electrons. The molecular formula is C24H28N4O2S. The zero-order chi connectivity index (χ0) is 22.3. The molecule has 1 atom stereocenters. The second-order valence-corrected chi connectivity index (χ2v) is 9.38. The van der Waals surface area contributed by atoms with Crippen molar-refractivity contribution in [3.05, 3.63) is 67.1 Å². The third kappa shape index (κ3) is 4.06. The molecule has 1 amide bonds. The van der Waals surface area contributed by atoms with Crippen LogP contribution in [-0.4, -0.2) is 20.7 Å². The van der Waals surface area contributed by atoms with E-state index in [1.165, 1.54) is 40.0 Å². The summed E-state index contributed by atoms with van der Waals surface area (Å²) >= 11 is 1.26. The van der Waals surface area contributed by atoms with Gasteiger partial charge in [0.25, 0.3) is 11.5 Å². The predicted octanol–water partition coefficient (Wildman–Crippen LogP) is 4.20. The Morgan fingerprint density at radius 2 is 1.84 bits per heavy atom. The molecule has 31 heavy (non-hydrogen) atoms. The average molecular weight is 437 g/mol. The van der Waals surface area contributed by atoms with Gasteiger partial charge < -0.3 is 5.32 Å². The van der Waals surface area contributed by atoms with Gasteiger partial charge in [-0.15, -0.1) is 11.3 Å². The lowest BCUT2D eigenvalue weighted by atomic mass is 9.89. The smallest absolute Gasteiger partial charge is 0.277 e. The minimum absolute atomic E-state index is 0.109.